The Hall–Kier alpha value is -2.14. The van der Waals surface area contributed by atoms with E-state index < -0.39 is 0 Å². The Morgan fingerprint density at radius 3 is 2.48 bits per heavy atom. The van der Waals surface area contributed by atoms with Crippen LogP contribution >= 0.6 is 11.6 Å². The summed E-state index contributed by atoms with van der Waals surface area (Å²) in [7, 11) is 0. The van der Waals surface area contributed by atoms with Crippen molar-refractivity contribution in [3.05, 3.63) is 46.4 Å². The van der Waals surface area contributed by atoms with Crippen molar-refractivity contribution in [3.8, 4) is 0 Å². The molecule has 0 aliphatic rings. The van der Waals surface area contributed by atoms with E-state index in [1.807, 2.05) is 19.1 Å². The van der Waals surface area contributed by atoms with E-state index in [9.17, 15) is 4.79 Å². The van der Waals surface area contributed by atoms with Crippen LogP contribution in [0.25, 0.3) is 0 Å². The van der Waals surface area contributed by atoms with Gasteiger partial charge in [-0.25, -0.2) is 9.97 Å². The van der Waals surface area contributed by atoms with Gasteiger partial charge in [0.1, 0.15) is 17.3 Å². The first kappa shape index (κ1) is 19.2. The topological polar surface area (TPSA) is 58.1 Å². The minimum atomic E-state index is -0.259. The second-order valence-corrected chi connectivity index (χ2v) is 6.42. The summed E-state index contributed by atoms with van der Waals surface area (Å²) in [6.45, 7) is 9.75. The number of nitrogens with zero attached hydrogens (tertiary/aromatic N) is 3. The number of carbonyl (C=O) groups excluding carboxylic acids is 1. The van der Waals surface area contributed by atoms with Crippen LogP contribution in [0.2, 0.25) is 5.02 Å². The Labute approximate surface area is 154 Å². The first-order valence-electron chi connectivity index (χ1n) is 8.63. The van der Waals surface area contributed by atoms with Crippen LogP contribution in [0.4, 0.5) is 11.5 Å². The average molecular weight is 361 g/mol. The summed E-state index contributed by atoms with van der Waals surface area (Å²) < 4.78 is 0. The van der Waals surface area contributed by atoms with Crippen LogP contribution in [0.5, 0.6) is 0 Å². The van der Waals surface area contributed by atoms with Gasteiger partial charge in [0.25, 0.3) is 5.91 Å². The summed E-state index contributed by atoms with van der Waals surface area (Å²) in [6.07, 6.45) is 2.04. The van der Waals surface area contributed by atoms with Crippen molar-refractivity contribution in [2.24, 2.45) is 0 Å². The monoisotopic (exact) mass is 360 g/mol. The van der Waals surface area contributed by atoms with Crippen molar-refractivity contribution < 1.29 is 4.79 Å². The van der Waals surface area contributed by atoms with Gasteiger partial charge in [-0.3, -0.25) is 4.79 Å². The Bertz CT molecular complexity index is 742. The SMILES string of the molecule is CCCN(CCC)c1cc(C(=O)Nc2cccc(Cl)c2C)nc(C)n1. The molecule has 1 aromatic heterocycles. The van der Waals surface area contributed by atoms with Crippen LogP contribution < -0.4 is 10.2 Å². The van der Waals surface area contributed by atoms with Gasteiger partial charge in [-0.1, -0.05) is 31.5 Å². The summed E-state index contributed by atoms with van der Waals surface area (Å²) in [5.41, 5.74) is 1.88. The van der Waals surface area contributed by atoms with Gasteiger partial charge < -0.3 is 10.2 Å². The number of hydrogen-bond donors (Lipinski definition) is 1. The average Bonchev–Trinajstić information content (AvgIpc) is 2.58. The highest BCUT2D eigenvalue weighted by Gasteiger charge is 2.15. The highest BCUT2D eigenvalue weighted by molar-refractivity contribution is 6.31. The van der Waals surface area contributed by atoms with E-state index >= 15 is 0 Å². The number of carbonyl (C=O) groups is 1. The molecule has 5 nitrogen and oxygen atoms in total. The van der Waals surface area contributed by atoms with E-state index in [0.717, 1.165) is 37.3 Å². The first-order chi connectivity index (χ1) is 12.0. The number of aryl methyl sites for hydroxylation is 1. The molecular formula is C19H25ClN4O. The molecule has 0 saturated heterocycles. The Kier molecular flexibility index (Phi) is 6.76. The van der Waals surface area contributed by atoms with Crippen LogP contribution in [0.1, 0.15) is 48.6 Å². The Balaban J connectivity index is 2.29. The summed E-state index contributed by atoms with van der Waals surface area (Å²) in [5, 5.41) is 3.51. The minimum absolute atomic E-state index is 0.259. The fraction of sp³-hybridized carbons (Fsp3) is 0.421. The number of aromatic nitrogens is 2. The molecule has 0 aliphatic carbocycles. The van der Waals surface area contributed by atoms with E-state index in [-0.39, 0.29) is 5.91 Å². The molecule has 134 valence electrons. The van der Waals surface area contributed by atoms with Crippen molar-refractivity contribution in [2.75, 3.05) is 23.3 Å². The molecule has 1 aromatic carbocycles. The van der Waals surface area contributed by atoms with Gasteiger partial charge in [0.2, 0.25) is 0 Å². The maximum absolute atomic E-state index is 12.7. The number of hydrogen-bond acceptors (Lipinski definition) is 4. The summed E-state index contributed by atoms with van der Waals surface area (Å²) >= 11 is 6.12. The molecule has 0 saturated carbocycles. The van der Waals surface area contributed by atoms with Gasteiger partial charge in [-0.05, 0) is 44.4 Å². The lowest BCUT2D eigenvalue weighted by Crippen LogP contribution is -2.27. The van der Waals surface area contributed by atoms with Crippen molar-refractivity contribution in [1.29, 1.82) is 0 Å². The minimum Gasteiger partial charge on any atom is -0.357 e. The number of amides is 1. The highest BCUT2D eigenvalue weighted by atomic mass is 35.5. The van der Waals surface area contributed by atoms with E-state index in [1.54, 1.807) is 19.1 Å². The van der Waals surface area contributed by atoms with Gasteiger partial charge in [-0.15, -0.1) is 0 Å². The van der Waals surface area contributed by atoms with E-state index in [2.05, 4.69) is 34.0 Å². The molecule has 2 rings (SSSR count). The smallest absolute Gasteiger partial charge is 0.274 e. The lowest BCUT2D eigenvalue weighted by atomic mass is 10.2. The normalized spacial score (nSPS) is 10.6. The summed E-state index contributed by atoms with van der Waals surface area (Å²) in [4.78, 5) is 23.7. The van der Waals surface area contributed by atoms with Crippen LogP contribution in [-0.4, -0.2) is 29.0 Å². The molecule has 1 N–H and O–H groups in total. The van der Waals surface area contributed by atoms with Gasteiger partial charge in [0.05, 0.1) is 0 Å². The van der Waals surface area contributed by atoms with Crippen LogP contribution in [0.15, 0.2) is 24.3 Å². The third kappa shape index (κ3) is 4.92. The third-order valence-corrected chi connectivity index (χ3v) is 4.29. The largest absolute Gasteiger partial charge is 0.357 e. The molecule has 1 heterocycles. The number of nitrogens with one attached hydrogen (secondary N) is 1. The van der Waals surface area contributed by atoms with Crippen molar-refractivity contribution >= 4 is 29.0 Å². The van der Waals surface area contributed by atoms with E-state index in [1.165, 1.54) is 0 Å². The molecule has 0 atom stereocenters. The van der Waals surface area contributed by atoms with Crippen LogP contribution in [-0.2, 0) is 0 Å². The molecule has 2 aromatic rings. The number of rotatable bonds is 7. The lowest BCUT2D eigenvalue weighted by Gasteiger charge is -2.23. The predicted octanol–water partition coefficient (Wildman–Crippen LogP) is 4.63. The molecule has 0 unspecified atom stereocenters. The second kappa shape index (κ2) is 8.81. The maximum Gasteiger partial charge on any atom is 0.274 e. The number of halogens is 1. The van der Waals surface area contributed by atoms with Gasteiger partial charge in [-0.2, -0.15) is 0 Å². The standard InChI is InChI=1S/C19H25ClN4O/c1-5-10-24(11-6-2)18-12-17(21-14(4)22-18)19(25)23-16-9-7-8-15(20)13(16)3/h7-9,12H,5-6,10-11H2,1-4H3,(H,23,25). The summed E-state index contributed by atoms with van der Waals surface area (Å²) in [5.74, 6) is 1.12. The fourth-order valence-corrected chi connectivity index (χ4v) is 2.81. The molecule has 0 fully saturated rings. The van der Waals surface area contributed by atoms with Crippen molar-refractivity contribution in [3.63, 3.8) is 0 Å². The Morgan fingerprint density at radius 2 is 1.84 bits per heavy atom. The highest BCUT2D eigenvalue weighted by Crippen LogP contribution is 2.23. The molecule has 1 amide bonds. The quantitative estimate of drug-likeness (QED) is 0.782. The molecule has 0 radical (unpaired) electrons. The molecule has 25 heavy (non-hydrogen) atoms. The fourth-order valence-electron chi connectivity index (χ4n) is 2.64. The van der Waals surface area contributed by atoms with E-state index in [4.69, 9.17) is 11.6 Å². The van der Waals surface area contributed by atoms with Gasteiger partial charge >= 0.3 is 0 Å². The molecular weight excluding hydrogens is 336 g/mol. The van der Waals surface area contributed by atoms with Crippen molar-refractivity contribution in [1.82, 2.24) is 9.97 Å². The molecule has 0 spiro atoms. The van der Waals surface area contributed by atoms with Crippen LogP contribution in [0, 0.1) is 13.8 Å². The zero-order valence-electron chi connectivity index (χ0n) is 15.3. The van der Waals surface area contributed by atoms with Gasteiger partial charge in [0, 0.05) is 29.9 Å². The van der Waals surface area contributed by atoms with Gasteiger partial charge in [0.15, 0.2) is 0 Å². The third-order valence-electron chi connectivity index (χ3n) is 3.88. The Morgan fingerprint density at radius 1 is 1.16 bits per heavy atom. The molecule has 0 bridgehead atoms. The second-order valence-electron chi connectivity index (χ2n) is 6.01. The maximum atomic E-state index is 12.7. The number of benzene rings is 1. The zero-order valence-corrected chi connectivity index (χ0v) is 16.0. The first-order valence-corrected chi connectivity index (χ1v) is 9.01. The van der Waals surface area contributed by atoms with Crippen molar-refractivity contribution in [2.45, 2.75) is 40.5 Å². The zero-order chi connectivity index (χ0) is 18.4. The lowest BCUT2D eigenvalue weighted by molar-refractivity contribution is 0.102. The molecule has 0 aliphatic heterocycles. The number of anilines is 2. The molecule has 6 heteroatoms. The van der Waals surface area contributed by atoms with Crippen LogP contribution in [0.3, 0.4) is 0 Å². The summed E-state index contributed by atoms with van der Waals surface area (Å²) in [6, 6.07) is 7.20. The predicted molar refractivity (Wildman–Crippen MR) is 104 cm³/mol. The van der Waals surface area contributed by atoms with E-state index in [0.29, 0.717) is 22.2 Å².